The molecule has 1 aliphatic rings. The number of hydrogen-bond acceptors (Lipinski definition) is 6. The van der Waals surface area contributed by atoms with Gasteiger partial charge in [0.2, 0.25) is 0 Å². The topological polar surface area (TPSA) is 85.5 Å². The number of esters is 1. The average molecular weight is 545 g/mol. The SMILES string of the molecule is CCOC(=O)C1(c2ccc(-c3ccc(-c4onc(C)c4C(O)c4cccc(Cc5ccccc5)n4)cc3)cc2)CC1. The van der Waals surface area contributed by atoms with Gasteiger partial charge < -0.3 is 14.4 Å². The van der Waals surface area contributed by atoms with Crippen molar-refractivity contribution in [2.24, 2.45) is 0 Å². The molecule has 206 valence electrons. The molecule has 41 heavy (non-hydrogen) atoms. The van der Waals surface area contributed by atoms with Crippen LogP contribution in [0.3, 0.4) is 0 Å². The normalized spacial score (nSPS) is 14.4. The van der Waals surface area contributed by atoms with Crippen LogP contribution in [0, 0.1) is 6.92 Å². The van der Waals surface area contributed by atoms with Crippen molar-refractivity contribution < 1.29 is 19.2 Å². The fourth-order valence-electron chi connectivity index (χ4n) is 5.41. The number of hydrogen-bond donors (Lipinski definition) is 1. The van der Waals surface area contributed by atoms with Crippen molar-refractivity contribution in [3.8, 4) is 22.5 Å². The monoisotopic (exact) mass is 544 g/mol. The Kier molecular flexibility index (Phi) is 7.25. The van der Waals surface area contributed by atoms with Gasteiger partial charge in [-0.25, -0.2) is 0 Å². The van der Waals surface area contributed by atoms with Crippen LogP contribution in [0.25, 0.3) is 22.5 Å². The van der Waals surface area contributed by atoms with Crippen molar-refractivity contribution in [1.82, 2.24) is 10.1 Å². The molecular formula is C35H32N2O4. The maximum absolute atomic E-state index is 12.5. The van der Waals surface area contributed by atoms with Crippen molar-refractivity contribution in [2.45, 2.75) is 44.6 Å². The molecule has 3 aromatic carbocycles. The Hall–Kier alpha value is -4.55. The van der Waals surface area contributed by atoms with E-state index in [1.165, 1.54) is 0 Å². The predicted molar refractivity (Wildman–Crippen MR) is 157 cm³/mol. The summed E-state index contributed by atoms with van der Waals surface area (Å²) in [6.07, 6.45) is 1.37. The Labute approximate surface area is 239 Å². The van der Waals surface area contributed by atoms with Gasteiger partial charge in [-0.2, -0.15) is 0 Å². The van der Waals surface area contributed by atoms with Gasteiger partial charge in [-0.15, -0.1) is 0 Å². The third-order valence-electron chi connectivity index (χ3n) is 7.85. The molecule has 2 heterocycles. The van der Waals surface area contributed by atoms with Gasteiger partial charge in [0.15, 0.2) is 5.76 Å². The lowest BCUT2D eigenvalue weighted by Gasteiger charge is -2.15. The summed E-state index contributed by atoms with van der Waals surface area (Å²) < 4.78 is 11.0. The molecule has 1 fully saturated rings. The highest BCUT2D eigenvalue weighted by atomic mass is 16.5. The number of rotatable bonds is 9. The Bertz CT molecular complexity index is 1650. The second kappa shape index (κ2) is 11.1. The number of carbonyl (C=O) groups excluding carboxylic acids is 1. The molecule has 0 amide bonds. The molecule has 5 aromatic rings. The van der Waals surface area contributed by atoms with Crippen LogP contribution in [-0.4, -0.2) is 27.8 Å². The molecule has 1 saturated carbocycles. The zero-order valence-electron chi connectivity index (χ0n) is 23.2. The quantitative estimate of drug-likeness (QED) is 0.202. The maximum Gasteiger partial charge on any atom is 0.316 e. The molecule has 0 aliphatic heterocycles. The lowest BCUT2D eigenvalue weighted by molar-refractivity contribution is -0.146. The number of carbonyl (C=O) groups is 1. The molecule has 6 nitrogen and oxygen atoms in total. The molecule has 1 unspecified atom stereocenters. The van der Waals surface area contributed by atoms with E-state index in [4.69, 9.17) is 14.2 Å². The summed E-state index contributed by atoms with van der Waals surface area (Å²) in [5, 5.41) is 15.6. The molecule has 1 N–H and O–H groups in total. The standard InChI is InChI=1S/C35H32N2O4/c1-3-40-34(39)35(20-21-35)28-18-16-26(17-19-28)25-12-14-27(15-13-25)33-31(23(2)37-41-33)32(38)30-11-7-10-29(36-30)22-24-8-5-4-6-9-24/h4-19,32,38H,3,20-22H2,1-2H3. The first-order valence-electron chi connectivity index (χ1n) is 14.0. The van der Waals surface area contributed by atoms with Gasteiger partial charge in [0.1, 0.15) is 6.10 Å². The Balaban J connectivity index is 1.22. The van der Waals surface area contributed by atoms with Gasteiger partial charge in [0.25, 0.3) is 0 Å². The van der Waals surface area contributed by atoms with Crippen molar-refractivity contribution in [2.75, 3.05) is 6.61 Å². The summed E-state index contributed by atoms with van der Waals surface area (Å²) >= 11 is 0. The van der Waals surface area contributed by atoms with Crippen LogP contribution >= 0.6 is 0 Å². The highest BCUT2D eigenvalue weighted by Crippen LogP contribution is 2.49. The lowest BCUT2D eigenvalue weighted by Crippen LogP contribution is -2.23. The molecule has 1 aliphatic carbocycles. The zero-order valence-corrected chi connectivity index (χ0v) is 23.2. The van der Waals surface area contributed by atoms with E-state index in [-0.39, 0.29) is 5.97 Å². The van der Waals surface area contributed by atoms with Gasteiger partial charge in [-0.3, -0.25) is 9.78 Å². The van der Waals surface area contributed by atoms with E-state index in [1.54, 1.807) is 0 Å². The number of pyridine rings is 1. The van der Waals surface area contributed by atoms with E-state index in [1.807, 2.05) is 98.8 Å². The Morgan fingerprint density at radius 2 is 1.56 bits per heavy atom. The molecule has 0 saturated heterocycles. The van der Waals surface area contributed by atoms with E-state index in [0.29, 0.717) is 35.7 Å². The Morgan fingerprint density at radius 1 is 0.902 bits per heavy atom. The zero-order chi connectivity index (χ0) is 28.4. The summed E-state index contributed by atoms with van der Waals surface area (Å²) in [4.78, 5) is 17.2. The summed E-state index contributed by atoms with van der Waals surface area (Å²) in [6.45, 7) is 4.07. The predicted octanol–water partition coefficient (Wildman–Crippen LogP) is 6.98. The summed E-state index contributed by atoms with van der Waals surface area (Å²) in [5.41, 5.74) is 7.27. The van der Waals surface area contributed by atoms with Crippen molar-refractivity contribution in [3.05, 3.63) is 131 Å². The first-order chi connectivity index (χ1) is 20.0. The van der Waals surface area contributed by atoms with Gasteiger partial charge in [-0.1, -0.05) is 90.1 Å². The van der Waals surface area contributed by atoms with E-state index in [2.05, 4.69) is 17.3 Å². The first-order valence-corrected chi connectivity index (χ1v) is 14.0. The van der Waals surface area contributed by atoms with E-state index in [0.717, 1.165) is 46.4 Å². The molecule has 0 spiro atoms. The highest BCUT2D eigenvalue weighted by molar-refractivity contribution is 5.87. The summed E-state index contributed by atoms with van der Waals surface area (Å²) in [5.74, 6) is 0.396. The molecule has 0 bridgehead atoms. The molecule has 6 heteroatoms. The van der Waals surface area contributed by atoms with Gasteiger partial charge in [0.05, 0.1) is 29.0 Å². The first kappa shape index (κ1) is 26.7. The maximum atomic E-state index is 12.5. The molecule has 0 radical (unpaired) electrons. The number of benzene rings is 3. The third kappa shape index (κ3) is 5.31. The van der Waals surface area contributed by atoms with Crippen LogP contribution in [0.5, 0.6) is 0 Å². The largest absolute Gasteiger partial charge is 0.465 e. The number of aliphatic hydroxyl groups excluding tert-OH is 1. The van der Waals surface area contributed by atoms with Crippen LogP contribution in [0.1, 0.15) is 59.6 Å². The van der Waals surface area contributed by atoms with Crippen molar-refractivity contribution in [3.63, 3.8) is 0 Å². The fraction of sp³-hybridized carbons (Fsp3) is 0.229. The van der Waals surface area contributed by atoms with Gasteiger partial charge in [0, 0.05) is 17.7 Å². The van der Waals surface area contributed by atoms with Gasteiger partial charge >= 0.3 is 5.97 Å². The highest BCUT2D eigenvalue weighted by Gasteiger charge is 2.52. The average Bonchev–Trinajstić information content (AvgIpc) is 3.74. The molecular weight excluding hydrogens is 512 g/mol. The van der Waals surface area contributed by atoms with Crippen LogP contribution in [0.15, 0.2) is 102 Å². The smallest absolute Gasteiger partial charge is 0.316 e. The van der Waals surface area contributed by atoms with E-state index in [9.17, 15) is 9.90 Å². The minimum atomic E-state index is -0.978. The van der Waals surface area contributed by atoms with Crippen molar-refractivity contribution >= 4 is 5.97 Å². The summed E-state index contributed by atoms with van der Waals surface area (Å²) in [6, 6.07) is 32.0. The minimum Gasteiger partial charge on any atom is -0.465 e. The minimum absolute atomic E-state index is 0.129. The number of nitrogens with zero attached hydrogens (tertiary/aromatic N) is 2. The van der Waals surface area contributed by atoms with Crippen LogP contribution < -0.4 is 0 Å². The van der Waals surface area contributed by atoms with E-state index >= 15 is 0 Å². The number of ether oxygens (including phenoxy) is 1. The Morgan fingerprint density at radius 3 is 2.22 bits per heavy atom. The fourth-order valence-corrected chi connectivity index (χ4v) is 5.41. The third-order valence-corrected chi connectivity index (χ3v) is 7.85. The molecule has 6 rings (SSSR count). The van der Waals surface area contributed by atoms with Gasteiger partial charge in [-0.05, 0) is 61.1 Å². The molecule has 2 aromatic heterocycles. The summed E-state index contributed by atoms with van der Waals surface area (Å²) in [7, 11) is 0. The van der Waals surface area contributed by atoms with Crippen LogP contribution in [0.2, 0.25) is 0 Å². The van der Waals surface area contributed by atoms with Crippen molar-refractivity contribution in [1.29, 1.82) is 0 Å². The lowest BCUT2D eigenvalue weighted by atomic mass is 9.93. The van der Waals surface area contributed by atoms with Crippen LogP contribution in [-0.2, 0) is 21.4 Å². The molecule has 1 atom stereocenters. The van der Waals surface area contributed by atoms with E-state index < -0.39 is 11.5 Å². The second-order valence-electron chi connectivity index (χ2n) is 10.6. The van der Waals surface area contributed by atoms with Crippen LogP contribution in [0.4, 0.5) is 0 Å². The number of aryl methyl sites for hydroxylation is 1. The second-order valence-corrected chi connectivity index (χ2v) is 10.6. The number of aliphatic hydroxyl groups is 1. The number of aromatic nitrogens is 2.